The van der Waals surface area contributed by atoms with Crippen molar-refractivity contribution in [3.63, 3.8) is 0 Å². The van der Waals surface area contributed by atoms with Crippen LogP contribution < -0.4 is 16.6 Å². The molecule has 0 aromatic heterocycles. The standard InChI is InChI=1S/C23H32N4O.ClH/c1-17-12-13-19(24)15-21(17)23(28)27(2)14-8-4-7-11-20-16-22(26-25-20)18-9-5-3-6-10-18;/h3,5-6,9-10,12-13,15,20,22,25-26H,4,7-8,11,14,16,24H2,1-2H3;1H. The van der Waals surface area contributed by atoms with Crippen molar-refractivity contribution in [3.05, 3.63) is 65.2 Å². The molecule has 1 amide bonds. The molecule has 1 aliphatic rings. The molecular weight excluding hydrogens is 384 g/mol. The summed E-state index contributed by atoms with van der Waals surface area (Å²) in [5.74, 6) is 0.0529. The van der Waals surface area contributed by atoms with Crippen LogP contribution in [0.1, 0.15) is 59.6 Å². The molecule has 158 valence electrons. The molecule has 0 radical (unpaired) electrons. The Bertz CT molecular complexity index is 784. The zero-order valence-electron chi connectivity index (χ0n) is 17.4. The molecule has 2 atom stereocenters. The summed E-state index contributed by atoms with van der Waals surface area (Å²) in [5.41, 5.74) is 16.3. The second-order valence-corrected chi connectivity index (χ2v) is 7.83. The van der Waals surface area contributed by atoms with E-state index in [4.69, 9.17) is 5.73 Å². The Morgan fingerprint density at radius 1 is 1.10 bits per heavy atom. The van der Waals surface area contributed by atoms with E-state index in [9.17, 15) is 4.79 Å². The predicted molar refractivity (Wildman–Crippen MR) is 122 cm³/mol. The maximum Gasteiger partial charge on any atom is 0.253 e. The highest BCUT2D eigenvalue weighted by atomic mass is 35.5. The molecule has 1 fully saturated rings. The van der Waals surface area contributed by atoms with E-state index in [2.05, 4.69) is 41.2 Å². The summed E-state index contributed by atoms with van der Waals surface area (Å²) in [4.78, 5) is 14.4. The van der Waals surface area contributed by atoms with Gasteiger partial charge in [-0.1, -0.05) is 49.2 Å². The maximum atomic E-state index is 12.6. The van der Waals surface area contributed by atoms with Crippen LogP contribution in [-0.4, -0.2) is 30.4 Å². The topological polar surface area (TPSA) is 70.4 Å². The fourth-order valence-electron chi connectivity index (χ4n) is 3.81. The van der Waals surface area contributed by atoms with Crippen molar-refractivity contribution in [2.75, 3.05) is 19.3 Å². The maximum absolute atomic E-state index is 12.6. The van der Waals surface area contributed by atoms with Crippen molar-refractivity contribution in [3.8, 4) is 0 Å². The lowest BCUT2D eigenvalue weighted by atomic mass is 9.99. The van der Waals surface area contributed by atoms with Crippen molar-refractivity contribution in [1.29, 1.82) is 0 Å². The monoisotopic (exact) mass is 416 g/mol. The number of halogens is 1. The number of hydrogen-bond acceptors (Lipinski definition) is 4. The Labute approximate surface area is 180 Å². The lowest BCUT2D eigenvalue weighted by molar-refractivity contribution is 0.0791. The average Bonchev–Trinajstić information content (AvgIpc) is 3.18. The van der Waals surface area contributed by atoms with Crippen LogP contribution in [0.3, 0.4) is 0 Å². The summed E-state index contributed by atoms with van der Waals surface area (Å²) in [6, 6.07) is 17.0. The molecule has 5 nitrogen and oxygen atoms in total. The van der Waals surface area contributed by atoms with Gasteiger partial charge < -0.3 is 10.6 Å². The van der Waals surface area contributed by atoms with E-state index < -0.39 is 0 Å². The third-order valence-electron chi connectivity index (χ3n) is 5.57. The number of amides is 1. The number of benzene rings is 2. The van der Waals surface area contributed by atoms with Crippen LogP contribution in [0.2, 0.25) is 0 Å². The van der Waals surface area contributed by atoms with Crippen molar-refractivity contribution in [2.24, 2.45) is 0 Å². The summed E-state index contributed by atoms with van der Waals surface area (Å²) >= 11 is 0. The predicted octanol–water partition coefficient (Wildman–Crippen LogP) is 4.24. The molecule has 3 rings (SSSR count). The molecule has 2 aromatic carbocycles. The first kappa shape index (κ1) is 23.2. The van der Waals surface area contributed by atoms with Crippen LogP contribution >= 0.6 is 12.4 Å². The van der Waals surface area contributed by atoms with Gasteiger partial charge in [-0.05, 0) is 49.4 Å². The van der Waals surface area contributed by atoms with Gasteiger partial charge in [0.05, 0.1) is 0 Å². The fraction of sp³-hybridized carbons (Fsp3) is 0.435. The van der Waals surface area contributed by atoms with Gasteiger partial charge in [-0.3, -0.25) is 15.6 Å². The average molecular weight is 417 g/mol. The second-order valence-electron chi connectivity index (χ2n) is 7.83. The molecule has 0 saturated carbocycles. The van der Waals surface area contributed by atoms with Crippen molar-refractivity contribution in [1.82, 2.24) is 15.8 Å². The molecule has 0 bridgehead atoms. The number of unbranched alkanes of at least 4 members (excludes halogenated alkanes) is 2. The number of nitrogen functional groups attached to an aromatic ring is 1. The highest BCUT2D eigenvalue weighted by Gasteiger charge is 2.24. The second kappa shape index (κ2) is 11.2. The van der Waals surface area contributed by atoms with Gasteiger partial charge in [-0.25, -0.2) is 0 Å². The number of hydrogen-bond donors (Lipinski definition) is 3. The van der Waals surface area contributed by atoms with Crippen molar-refractivity contribution >= 4 is 24.0 Å². The molecule has 1 aliphatic heterocycles. The number of nitrogens with two attached hydrogens (primary N) is 1. The van der Waals surface area contributed by atoms with Crippen molar-refractivity contribution in [2.45, 2.75) is 51.1 Å². The normalized spacial score (nSPS) is 18.3. The van der Waals surface area contributed by atoms with Crippen LogP contribution in [0, 0.1) is 6.92 Å². The highest BCUT2D eigenvalue weighted by Crippen LogP contribution is 2.24. The fourth-order valence-corrected chi connectivity index (χ4v) is 3.81. The van der Waals surface area contributed by atoms with Gasteiger partial charge >= 0.3 is 0 Å². The number of anilines is 1. The number of nitrogens with one attached hydrogen (secondary N) is 2. The van der Waals surface area contributed by atoms with Gasteiger partial charge in [-0.2, -0.15) is 0 Å². The summed E-state index contributed by atoms with van der Waals surface area (Å²) in [7, 11) is 1.87. The Hall–Kier alpha value is -2.08. The summed E-state index contributed by atoms with van der Waals surface area (Å²) in [5, 5.41) is 0. The number of carbonyl (C=O) groups excluding carboxylic acids is 1. The quantitative estimate of drug-likeness (QED) is 0.444. The van der Waals surface area contributed by atoms with Crippen LogP contribution in [0.25, 0.3) is 0 Å². The van der Waals surface area contributed by atoms with Crippen LogP contribution in [0.15, 0.2) is 48.5 Å². The Morgan fingerprint density at radius 2 is 1.86 bits per heavy atom. The first-order valence-electron chi connectivity index (χ1n) is 10.2. The Kier molecular flexibility index (Phi) is 8.96. The third kappa shape index (κ3) is 6.46. The number of aryl methyl sites for hydroxylation is 1. The van der Waals surface area contributed by atoms with Gasteiger partial charge in [0.1, 0.15) is 0 Å². The molecule has 6 heteroatoms. The number of nitrogens with zero attached hydrogens (tertiary/aromatic N) is 1. The zero-order valence-corrected chi connectivity index (χ0v) is 18.2. The number of carbonyl (C=O) groups is 1. The van der Waals surface area contributed by atoms with Crippen LogP contribution in [-0.2, 0) is 0 Å². The molecule has 2 aromatic rings. The number of rotatable bonds is 8. The minimum atomic E-state index is 0. The van der Waals surface area contributed by atoms with Gasteiger partial charge in [0, 0.05) is 36.9 Å². The first-order chi connectivity index (χ1) is 13.5. The number of hydrazine groups is 1. The molecule has 1 saturated heterocycles. The van der Waals surface area contributed by atoms with Gasteiger partial charge in [0.2, 0.25) is 0 Å². The highest BCUT2D eigenvalue weighted by molar-refractivity contribution is 5.96. The summed E-state index contributed by atoms with van der Waals surface area (Å²) < 4.78 is 0. The third-order valence-corrected chi connectivity index (χ3v) is 5.57. The van der Waals surface area contributed by atoms with Crippen LogP contribution in [0.4, 0.5) is 5.69 Å². The minimum Gasteiger partial charge on any atom is -0.399 e. The van der Waals surface area contributed by atoms with Gasteiger partial charge in [-0.15, -0.1) is 12.4 Å². The van der Waals surface area contributed by atoms with Crippen molar-refractivity contribution < 1.29 is 4.79 Å². The lowest BCUT2D eigenvalue weighted by Crippen LogP contribution is -2.31. The SMILES string of the molecule is Cc1ccc(N)cc1C(=O)N(C)CCCCCC1CC(c2ccccc2)NN1.Cl. The minimum absolute atomic E-state index is 0. The van der Waals surface area contributed by atoms with E-state index in [-0.39, 0.29) is 18.3 Å². The van der Waals surface area contributed by atoms with E-state index in [1.165, 1.54) is 12.0 Å². The Morgan fingerprint density at radius 3 is 2.62 bits per heavy atom. The molecule has 1 heterocycles. The smallest absolute Gasteiger partial charge is 0.253 e. The summed E-state index contributed by atoms with van der Waals surface area (Å²) in [6.45, 7) is 2.72. The largest absolute Gasteiger partial charge is 0.399 e. The van der Waals surface area contributed by atoms with Gasteiger partial charge in [0.25, 0.3) is 5.91 Å². The zero-order chi connectivity index (χ0) is 19.9. The molecule has 29 heavy (non-hydrogen) atoms. The van der Waals surface area contributed by atoms with E-state index in [0.717, 1.165) is 37.8 Å². The molecular formula is C23H33ClN4O. The van der Waals surface area contributed by atoms with Crippen LogP contribution in [0.5, 0.6) is 0 Å². The lowest BCUT2D eigenvalue weighted by Gasteiger charge is -2.19. The van der Waals surface area contributed by atoms with E-state index in [0.29, 0.717) is 23.3 Å². The van der Waals surface area contributed by atoms with E-state index >= 15 is 0 Å². The van der Waals surface area contributed by atoms with Gasteiger partial charge in [0.15, 0.2) is 0 Å². The summed E-state index contributed by atoms with van der Waals surface area (Å²) in [6.07, 6.45) is 5.59. The molecule has 0 aliphatic carbocycles. The van der Waals surface area contributed by atoms with E-state index in [1.807, 2.05) is 31.0 Å². The molecule has 2 unspecified atom stereocenters. The van der Waals surface area contributed by atoms with E-state index in [1.54, 1.807) is 6.07 Å². The Balaban J connectivity index is 0.00000300. The molecule has 4 N–H and O–H groups in total. The first-order valence-corrected chi connectivity index (χ1v) is 10.2. The molecule has 0 spiro atoms.